The van der Waals surface area contributed by atoms with E-state index in [9.17, 15) is 27.7 Å². The van der Waals surface area contributed by atoms with Gasteiger partial charge in [-0.25, -0.2) is 4.39 Å². The smallest absolute Gasteiger partial charge is 0.373 e. The molecule has 0 radical (unpaired) electrons. The van der Waals surface area contributed by atoms with Crippen molar-refractivity contribution in [2.45, 2.75) is 19.1 Å². The Balaban J connectivity index is 2.32. The fourth-order valence-corrected chi connectivity index (χ4v) is 2.05. The van der Waals surface area contributed by atoms with Crippen LogP contribution in [-0.4, -0.2) is 4.92 Å². The average molecular weight is 328 g/mol. The van der Waals surface area contributed by atoms with Gasteiger partial charge in [0.05, 0.1) is 10.5 Å². The van der Waals surface area contributed by atoms with Crippen LogP contribution >= 0.6 is 0 Å². The summed E-state index contributed by atoms with van der Waals surface area (Å²) >= 11 is 0. The van der Waals surface area contributed by atoms with Crippen molar-refractivity contribution in [3.05, 3.63) is 69.5 Å². The molecule has 0 bridgehead atoms. The number of rotatable bonds is 4. The van der Waals surface area contributed by atoms with E-state index in [4.69, 9.17) is 0 Å². The lowest BCUT2D eigenvalue weighted by Gasteiger charge is -2.16. The highest BCUT2D eigenvalue weighted by Crippen LogP contribution is 2.36. The van der Waals surface area contributed by atoms with E-state index in [1.165, 1.54) is 24.3 Å². The summed E-state index contributed by atoms with van der Waals surface area (Å²) < 4.78 is 50.8. The first-order valence-electron chi connectivity index (χ1n) is 6.56. The highest BCUT2D eigenvalue weighted by molar-refractivity contribution is 5.63. The molecule has 0 fully saturated rings. The zero-order valence-corrected chi connectivity index (χ0v) is 11.9. The Labute approximate surface area is 128 Å². The summed E-state index contributed by atoms with van der Waals surface area (Å²) in [4.78, 5) is 10.1. The minimum atomic E-state index is -4.66. The number of nitrogens with zero attached hydrogens (tertiary/aromatic N) is 1. The van der Waals surface area contributed by atoms with E-state index in [1.54, 1.807) is 6.92 Å². The van der Waals surface area contributed by atoms with Crippen LogP contribution in [0.1, 0.15) is 24.1 Å². The molecule has 23 heavy (non-hydrogen) atoms. The molecule has 1 unspecified atom stereocenters. The van der Waals surface area contributed by atoms with E-state index in [0.717, 1.165) is 12.1 Å². The fraction of sp³-hybridized carbons (Fsp3) is 0.200. The van der Waals surface area contributed by atoms with Gasteiger partial charge in [0, 0.05) is 12.1 Å². The molecule has 0 saturated heterocycles. The number of nitro benzene ring substituents is 1. The number of nitrogens with one attached hydrogen (secondary N) is 1. The van der Waals surface area contributed by atoms with Gasteiger partial charge in [-0.1, -0.05) is 12.1 Å². The number of halogens is 4. The van der Waals surface area contributed by atoms with Gasteiger partial charge in [0.25, 0.3) is 5.69 Å². The van der Waals surface area contributed by atoms with Gasteiger partial charge in [-0.15, -0.1) is 0 Å². The van der Waals surface area contributed by atoms with Crippen molar-refractivity contribution in [1.29, 1.82) is 0 Å². The maximum Gasteiger partial charge on any atom is 0.416 e. The van der Waals surface area contributed by atoms with Crippen molar-refractivity contribution >= 4 is 11.4 Å². The summed E-state index contributed by atoms with van der Waals surface area (Å²) in [5.74, 6) is -0.429. The van der Waals surface area contributed by atoms with Crippen LogP contribution in [0.25, 0.3) is 0 Å². The predicted molar refractivity (Wildman–Crippen MR) is 76.5 cm³/mol. The molecule has 8 heteroatoms. The number of anilines is 1. The molecule has 0 heterocycles. The summed E-state index contributed by atoms with van der Waals surface area (Å²) in [6, 6.07) is 7.26. The largest absolute Gasteiger partial charge is 0.416 e. The topological polar surface area (TPSA) is 55.2 Å². The van der Waals surface area contributed by atoms with Crippen LogP contribution in [-0.2, 0) is 6.18 Å². The van der Waals surface area contributed by atoms with Crippen LogP contribution in [0.3, 0.4) is 0 Å². The van der Waals surface area contributed by atoms with E-state index in [2.05, 4.69) is 5.32 Å². The maximum absolute atomic E-state index is 12.9. The van der Waals surface area contributed by atoms with Crippen molar-refractivity contribution in [1.82, 2.24) is 0 Å². The van der Waals surface area contributed by atoms with Crippen molar-refractivity contribution in [2.24, 2.45) is 0 Å². The minimum absolute atomic E-state index is 0.0418. The van der Waals surface area contributed by atoms with Gasteiger partial charge in [-0.05, 0) is 36.8 Å². The van der Waals surface area contributed by atoms with Gasteiger partial charge >= 0.3 is 6.18 Å². The zero-order chi connectivity index (χ0) is 17.2. The van der Waals surface area contributed by atoms with Gasteiger partial charge in [0.1, 0.15) is 11.5 Å². The number of hydrogen-bond donors (Lipinski definition) is 1. The van der Waals surface area contributed by atoms with Crippen LogP contribution in [0.5, 0.6) is 0 Å². The molecule has 2 aromatic rings. The molecule has 0 spiro atoms. The first-order valence-corrected chi connectivity index (χ1v) is 6.56. The Morgan fingerprint density at radius 1 is 1.13 bits per heavy atom. The lowest BCUT2D eigenvalue weighted by atomic mass is 10.1. The number of nitro groups is 1. The van der Waals surface area contributed by atoms with Crippen molar-refractivity contribution in [2.75, 3.05) is 5.32 Å². The lowest BCUT2D eigenvalue weighted by molar-refractivity contribution is -0.384. The maximum atomic E-state index is 12.9. The van der Waals surface area contributed by atoms with E-state index >= 15 is 0 Å². The Hall–Kier alpha value is -2.64. The molecule has 122 valence electrons. The van der Waals surface area contributed by atoms with E-state index < -0.39 is 34.2 Å². The van der Waals surface area contributed by atoms with Crippen LogP contribution < -0.4 is 5.32 Å². The normalized spacial score (nSPS) is 12.7. The molecule has 1 atom stereocenters. The Morgan fingerprint density at radius 2 is 1.74 bits per heavy atom. The van der Waals surface area contributed by atoms with Crippen molar-refractivity contribution in [3.8, 4) is 0 Å². The molecule has 4 nitrogen and oxygen atoms in total. The number of benzene rings is 2. The highest BCUT2D eigenvalue weighted by Gasteiger charge is 2.33. The second-order valence-corrected chi connectivity index (χ2v) is 4.90. The van der Waals surface area contributed by atoms with Gasteiger partial charge in [-0.2, -0.15) is 13.2 Å². The molecular formula is C15H12F4N2O2. The molecule has 1 N–H and O–H groups in total. The number of alkyl halides is 3. The highest BCUT2D eigenvalue weighted by atomic mass is 19.4. The molecule has 0 aliphatic rings. The average Bonchev–Trinajstić information content (AvgIpc) is 2.46. The van der Waals surface area contributed by atoms with Gasteiger partial charge in [-0.3, -0.25) is 10.1 Å². The second kappa shape index (κ2) is 6.23. The molecule has 0 aliphatic heterocycles. The predicted octanol–water partition coefficient (Wildman–Crippen LogP) is 4.93. The van der Waals surface area contributed by atoms with Gasteiger partial charge in [0.15, 0.2) is 0 Å². The van der Waals surface area contributed by atoms with Crippen molar-refractivity contribution in [3.63, 3.8) is 0 Å². The second-order valence-electron chi connectivity index (χ2n) is 4.90. The Kier molecular flexibility index (Phi) is 4.53. The molecule has 0 saturated carbocycles. The van der Waals surface area contributed by atoms with E-state index in [1.807, 2.05) is 0 Å². The first-order chi connectivity index (χ1) is 10.7. The lowest BCUT2D eigenvalue weighted by Crippen LogP contribution is -2.10. The minimum Gasteiger partial charge on any atom is -0.373 e. The summed E-state index contributed by atoms with van der Waals surface area (Å²) in [5, 5.41) is 13.8. The monoisotopic (exact) mass is 328 g/mol. The van der Waals surface area contributed by atoms with Crippen LogP contribution in [0, 0.1) is 15.9 Å². The zero-order valence-electron chi connectivity index (χ0n) is 11.9. The quantitative estimate of drug-likeness (QED) is 0.492. The molecule has 0 amide bonds. The van der Waals surface area contributed by atoms with Crippen molar-refractivity contribution < 1.29 is 22.5 Å². The third-order valence-electron chi connectivity index (χ3n) is 3.26. The van der Waals surface area contributed by atoms with Crippen LogP contribution in [0.4, 0.5) is 28.9 Å². The molecule has 0 aliphatic carbocycles. The van der Waals surface area contributed by atoms with E-state index in [0.29, 0.717) is 11.6 Å². The van der Waals surface area contributed by atoms with Crippen LogP contribution in [0.15, 0.2) is 42.5 Å². The third kappa shape index (κ3) is 3.97. The van der Waals surface area contributed by atoms with Gasteiger partial charge < -0.3 is 5.32 Å². The summed E-state index contributed by atoms with van der Waals surface area (Å²) in [5.41, 5.74) is -1.17. The Morgan fingerprint density at radius 3 is 2.26 bits per heavy atom. The SMILES string of the molecule is CC(Nc1ccc(C(F)(F)F)cc1[N+](=O)[O-])c1ccc(F)cc1. The summed E-state index contributed by atoms with van der Waals surface area (Å²) in [6.07, 6.45) is -4.66. The summed E-state index contributed by atoms with van der Waals surface area (Å²) in [6.45, 7) is 1.66. The third-order valence-corrected chi connectivity index (χ3v) is 3.26. The van der Waals surface area contributed by atoms with Crippen LogP contribution in [0.2, 0.25) is 0 Å². The fourth-order valence-electron chi connectivity index (χ4n) is 2.05. The molecule has 0 aromatic heterocycles. The van der Waals surface area contributed by atoms with Gasteiger partial charge in [0.2, 0.25) is 0 Å². The summed E-state index contributed by atoms with van der Waals surface area (Å²) in [7, 11) is 0. The number of hydrogen-bond acceptors (Lipinski definition) is 3. The molecule has 2 aromatic carbocycles. The first kappa shape index (κ1) is 16.7. The molecule has 2 rings (SSSR count). The van der Waals surface area contributed by atoms with E-state index in [-0.39, 0.29) is 5.69 Å². The standard InChI is InChI=1S/C15H12F4N2O2/c1-9(10-2-5-12(16)6-3-10)20-13-7-4-11(15(17,18)19)8-14(13)21(22)23/h2-9,20H,1H3. The molecular weight excluding hydrogens is 316 g/mol. The Bertz CT molecular complexity index is 714.